The van der Waals surface area contributed by atoms with Crippen molar-refractivity contribution >= 4 is 11.9 Å². The van der Waals surface area contributed by atoms with Crippen molar-refractivity contribution in [3.63, 3.8) is 0 Å². The van der Waals surface area contributed by atoms with E-state index in [4.69, 9.17) is 0 Å². The topological polar surface area (TPSA) is 348 Å². The zero-order valence-corrected chi connectivity index (χ0v) is 13.4. The molecule has 0 saturated heterocycles. The molecule has 0 aromatic carbocycles. The molecule has 2 heterocycles. The molecule has 148 valence electrons. The number of carbonyl (C=O) groups is 2. The number of quaternary nitrogens is 2. The number of aromatic nitrogens is 4. The van der Waals surface area contributed by atoms with Crippen molar-refractivity contribution in [3.05, 3.63) is 65.2 Å². The summed E-state index contributed by atoms with van der Waals surface area (Å²) >= 11 is 0. The highest BCUT2D eigenvalue weighted by Gasteiger charge is 1.95. The van der Waals surface area contributed by atoms with Crippen LogP contribution in [0, 0.1) is 0 Å². The van der Waals surface area contributed by atoms with Gasteiger partial charge in [0.2, 0.25) is 0 Å². The Morgan fingerprint density at radius 3 is 1.12 bits per heavy atom. The highest BCUT2D eigenvalue weighted by atomic mass is 16.4. The predicted molar refractivity (Wildman–Crippen MR) is 83.2 cm³/mol. The maximum atomic E-state index is 10.4. The minimum atomic E-state index is -1.59. The molecule has 16 heteroatoms. The number of hydrogen-bond acceptors (Lipinski definition) is 8. The number of H-pyrrole nitrogens is 4. The van der Waals surface area contributed by atoms with Gasteiger partial charge in [0.05, 0.1) is 23.3 Å². The summed E-state index contributed by atoms with van der Waals surface area (Å²) in [5.41, 5.74) is -4.33. The maximum absolute atomic E-state index is 10.4. The van der Waals surface area contributed by atoms with Crippen LogP contribution in [0.3, 0.4) is 0 Å². The largest absolute Gasteiger partial charge is 0.543 e. The monoisotopic (exact) mass is 382 g/mol. The third-order valence-corrected chi connectivity index (χ3v) is 1.96. The fraction of sp³-hybridized carbons (Fsp3) is 0. The summed E-state index contributed by atoms with van der Waals surface area (Å²) in [6, 6.07) is 1.47. The summed E-state index contributed by atoms with van der Waals surface area (Å²) in [6.45, 7) is 0. The number of aromatic carboxylic acids is 2. The maximum Gasteiger partial charge on any atom is 0.326 e. The molecule has 0 fully saturated rings. The molecule has 0 unspecified atom stereocenters. The van der Waals surface area contributed by atoms with Gasteiger partial charge in [-0.25, -0.2) is 9.59 Å². The lowest BCUT2D eigenvalue weighted by Gasteiger charge is -1.97. The van der Waals surface area contributed by atoms with Crippen LogP contribution < -0.4 is 45.0 Å². The van der Waals surface area contributed by atoms with Gasteiger partial charge in [-0.15, -0.1) is 0 Å². The average molecular weight is 382 g/mol. The first-order chi connectivity index (χ1) is 10.2. The molecule has 16 N–H and O–H groups in total. The van der Waals surface area contributed by atoms with Gasteiger partial charge in [-0.2, -0.15) is 0 Å². The Labute approximate surface area is 141 Å². The molecular weight excluding hydrogens is 364 g/mol. The third-order valence-electron chi connectivity index (χ3n) is 1.96. The zero-order valence-electron chi connectivity index (χ0n) is 13.4. The number of nitrogens with one attached hydrogen (secondary N) is 4. The van der Waals surface area contributed by atoms with Crippen LogP contribution >= 0.6 is 0 Å². The molecule has 2 aromatic rings. The van der Waals surface area contributed by atoms with E-state index < -0.39 is 45.8 Å². The highest BCUT2D eigenvalue weighted by Crippen LogP contribution is 1.79. The number of hydrogen-bond donors (Lipinski definition) is 6. The average Bonchev–Trinajstić information content (AvgIpc) is 2.37. The van der Waals surface area contributed by atoms with E-state index in [1.807, 2.05) is 19.9 Å². The summed E-state index contributed by atoms with van der Waals surface area (Å²) in [6.07, 6.45) is 0. The molecule has 0 radical (unpaired) electrons. The van der Waals surface area contributed by atoms with Crippen molar-refractivity contribution in [3.8, 4) is 0 Å². The Hall–Kier alpha value is -3.86. The fourth-order valence-corrected chi connectivity index (χ4v) is 1.16. The molecular formula is C10H18N6O10. The van der Waals surface area contributed by atoms with Gasteiger partial charge < -0.3 is 53.0 Å². The van der Waals surface area contributed by atoms with Gasteiger partial charge in [0.25, 0.3) is 11.1 Å². The summed E-state index contributed by atoms with van der Waals surface area (Å²) in [5, 5.41) is 20.1. The lowest BCUT2D eigenvalue weighted by molar-refractivity contribution is -0.256. The normalized spacial score (nSPS) is 8.00. The van der Waals surface area contributed by atoms with Gasteiger partial charge in [-0.05, 0) is 0 Å². The Kier molecular flexibility index (Phi) is 14.5. The van der Waals surface area contributed by atoms with E-state index in [0.29, 0.717) is 0 Å². The molecule has 0 saturated carbocycles. The molecule has 0 atom stereocenters. The van der Waals surface area contributed by atoms with Crippen molar-refractivity contribution < 1.29 is 30.8 Å². The number of carboxylic acids is 2. The molecule has 2 aromatic heterocycles. The molecule has 0 bridgehead atoms. The molecule has 2 rings (SSSR count). The van der Waals surface area contributed by atoms with Gasteiger partial charge in [0.1, 0.15) is 0 Å². The van der Waals surface area contributed by atoms with Crippen molar-refractivity contribution in [2.75, 3.05) is 0 Å². The van der Waals surface area contributed by atoms with Gasteiger partial charge in [0.15, 0.2) is 0 Å². The summed E-state index contributed by atoms with van der Waals surface area (Å²) < 4.78 is 0. The lowest BCUT2D eigenvalue weighted by Crippen LogP contribution is -2.31. The van der Waals surface area contributed by atoms with Crippen LogP contribution in [0.15, 0.2) is 31.3 Å². The smallest absolute Gasteiger partial charge is 0.326 e. The van der Waals surface area contributed by atoms with Crippen LogP contribution in [-0.2, 0) is 0 Å². The summed E-state index contributed by atoms with van der Waals surface area (Å²) in [7, 11) is 0. The number of carboxylic acid groups (broad SMARTS) is 2. The molecule has 26 heavy (non-hydrogen) atoms. The van der Waals surface area contributed by atoms with Crippen molar-refractivity contribution in [1.82, 2.24) is 32.2 Å². The number of aromatic amines is 4. The van der Waals surface area contributed by atoms with E-state index in [-0.39, 0.29) is 23.3 Å². The van der Waals surface area contributed by atoms with E-state index in [1.54, 1.807) is 0 Å². The predicted octanol–water partition coefficient (Wildman–Crippen LogP) is -6.04. The summed E-state index contributed by atoms with van der Waals surface area (Å²) in [4.78, 5) is 69.2. The van der Waals surface area contributed by atoms with E-state index >= 15 is 0 Å². The minimum absolute atomic E-state index is 0. The van der Waals surface area contributed by atoms with Crippen LogP contribution in [0.1, 0.15) is 21.0 Å². The van der Waals surface area contributed by atoms with Gasteiger partial charge in [0, 0.05) is 12.1 Å². The molecule has 0 aliphatic rings. The van der Waals surface area contributed by atoms with E-state index in [2.05, 4.69) is 0 Å². The van der Waals surface area contributed by atoms with Crippen molar-refractivity contribution in [2.45, 2.75) is 0 Å². The minimum Gasteiger partial charge on any atom is -0.543 e. The third kappa shape index (κ3) is 9.32. The quantitative estimate of drug-likeness (QED) is 0.289. The van der Waals surface area contributed by atoms with Gasteiger partial charge in [-0.3, -0.25) is 19.6 Å². The first-order valence-electron chi connectivity index (χ1n) is 5.29. The number of carbonyl (C=O) groups excluding carboxylic acids is 2. The first kappa shape index (κ1) is 30.1. The van der Waals surface area contributed by atoms with Gasteiger partial charge in [-0.1, -0.05) is 0 Å². The summed E-state index contributed by atoms with van der Waals surface area (Å²) in [5.74, 6) is -3.18. The first-order valence-corrected chi connectivity index (χ1v) is 5.29. The van der Waals surface area contributed by atoms with Crippen molar-refractivity contribution in [1.29, 1.82) is 0 Å². The second-order valence-electron chi connectivity index (χ2n) is 3.58. The Balaban J connectivity index is -0.000000161. The van der Waals surface area contributed by atoms with Crippen LogP contribution in [0.25, 0.3) is 0 Å². The Morgan fingerprint density at radius 2 is 0.923 bits per heavy atom. The second-order valence-corrected chi connectivity index (χ2v) is 3.58. The molecule has 0 aliphatic heterocycles. The lowest BCUT2D eigenvalue weighted by atomic mass is 10.4. The van der Waals surface area contributed by atoms with Crippen LogP contribution in [-0.4, -0.2) is 42.8 Å². The second kappa shape index (κ2) is 12.5. The van der Waals surface area contributed by atoms with E-state index in [0.717, 1.165) is 12.1 Å². The van der Waals surface area contributed by atoms with Crippen LogP contribution in [0.2, 0.25) is 0 Å². The Bertz CT molecular complexity index is 804. The van der Waals surface area contributed by atoms with Crippen molar-refractivity contribution in [2.24, 2.45) is 0 Å². The molecule has 0 aliphatic carbocycles. The SMILES string of the molecule is O.O.O=C([O-])c1cc(=O)[nH]c(=O)[nH]1.O=C([O-])c1cc(=O)[nH]c(=O)[nH]1.[NH4+].[NH4+]. The fourth-order valence-electron chi connectivity index (χ4n) is 1.16. The highest BCUT2D eigenvalue weighted by molar-refractivity contribution is 5.83. The van der Waals surface area contributed by atoms with Crippen LogP contribution in [0.5, 0.6) is 0 Å². The van der Waals surface area contributed by atoms with E-state index in [1.165, 1.54) is 0 Å². The van der Waals surface area contributed by atoms with Crippen LogP contribution in [0.4, 0.5) is 0 Å². The standard InChI is InChI=1S/2C5H4N2O4.2H3N.2H2O/c2*8-3-1-2(4(9)10)6-5(11)7-3;;;;/h2*1H,(H,9,10)(H2,6,7,8,11);2*1H3;2*1H2. The van der Waals surface area contributed by atoms with E-state index in [9.17, 15) is 39.0 Å². The molecule has 0 spiro atoms. The molecule has 0 amide bonds. The zero-order chi connectivity index (χ0) is 16.9. The molecule has 16 nitrogen and oxygen atoms in total. The Morgan fingerprint density at radius 1 is 0.654 bits per heavy atom. The van der Waals surface area contributed by atoms with Gasteiger partial charge >= 0.3 is 11.4 Å². The number of rotatable bonds is 2.